The van der Waals surface area contributed by atoms with Crippen molar-refractivity contribution in [2.24, 2.45) is 0 Å². The molecule has 3 N–H and O–H groups in total. The number of amides is 1. The Morgan fingerprint density at radius 3 is 2.69 bits per heavy atom. The molecule has 0 radical (unpaired) electrons. The van der Waals surface area contributed by atoms with E-state index < -0.39 is 5.97 Å². The smallest absolute Gasteiger partial charge is 0.304 e. The molecule has 0 aliphatic rings. The third kappa shape index (κ3) is 8.55. The highest BCUT2D eigenvalue weighted by atomic mass is 16.4. The molecule has 0 aromatic heterocycles. The predicted molar refractivity (Wildman–Crippen MR) is 48.3 cm³/mol. The maximum Gasteiger partial charge on any atom is 0.304 e. The number of hydrogen-bond donors (Lipinski definition) is 3. The normalized spacial score (nSPS) is 9.23. The highest BCUT2D eigenvalue weighted by Crippen LogP contribution is 1.74. The molecule has 0 aromatic rings. The van der Waals surface area contributed by atoms with Crippen molar-refractivity contribution in [1.29, 1.82) is 0 Å². The first-order valence-electron chi connectivity index (χ1n) is 3.97. The number of aliphatic carboxylic acids is 1. The van der Waals surface area contributed by atoms with Gasteiger partial charge in [-0.25, -0.2) is 0 Å². The topological polar surface area (TPSA) is 78.4 Å². The summed E-state index contributed by atoms with van der Waals surface area (Å²) in [6.07, 6.45) is 1.60. The highest BCUT2D eigenvalue weighted by Gasteiger charge is 1.99. The van der Waals surface area contributed by atoms with E-state index in [1.807, 2.05) is 0 Å². The lowest BCUT2D eigenvalue weighted by Crippen LogP contribution is -2.34. The Bertz CT molecular complexity index is 192. The summed E-state index contributed by atoms with van der Waals surface area (Å²) in [6, 6.07) is 0. The van der Waals surface area contributed by atoms with Crippen LogP contribution in [0.1, 0.15) is 6.42 Å². The monoisotopic (exact) mass is 186 g/mol. The number of rotatable bonds is 7. The quantitative estimate of drug-likeness (QED) is 0.365. The zero-order valence-electron chi connectivity index (χ0n) is 7.38. The molecule has 0 rings (SSSR count). The van der Waals surface area contributed by atoms with Gasteiger partial charge >= 0.3 is 5.97 Å². The summed E-state index contributed by atoms with van der Waals surface area (Å²) in [7, 11) is 0. The van der Waals surface area contributed by atoms with Gasteiger partial charge in [0.25, 0.3) is 0 Å². The average molecular weight is 186 g/mol. The van der Waals surface area contributed by atoms with Crippen LogP contribution in [0.2, 0.25) is 0 Å². The Hall–Kier alpha value is -1.36. The third-order valence-corrected chi connectivity index (χ3v) is 1.24. The van der Waals surface area contributed by atoms with Gasteiger partial charge < -0.3 is 15.7 Å². The first-order valence-corrected chi connectivity index (χ1v) is 3.97. The minimum atomic E-state index is -0.876. The number of nitrogens with one attached hydrogen (secondary N) is 2. The maximum absolute atomic E-state index is 10.9. The van der Waals surface area contributed by atoms with Gasteiger partial charge in [0, 0.05) is 13.1 Å². The van der Waals surface area contributed by atoms with Crippen LogP contribution < -0.4 is 10.6 Å². The fraction of sp³-hybridized carbons (Fsp3) is 0.500. The van der Waals surface area contributed by atoms with Crippen molar-refractivity contribution in [3.8, 4) is 0 Å². The van der Waals surface area contributed by atoms with Gasteiger partial charge in [-0.2, -0.15) is 0 Å². The number of hydrogen-bond acceptors (Lipinski definition) is 3. The summed E-state index contributed by atoms with van der Waals surface area (Å²) < 4.78 is 0. The van der Waals surface area contributed by atoms with E-state index in [1.54, 1.807) is 6.08 Å². The van der Waals surface area contributed by atoms with Gasteiger partial charge in [-0.15, -0.1) is 6.58 Å². The van der Waals surface area contributed by atoms with Crippen molar-refractivity contribution < 1.29 is 14.7 Å². The van der Waals surface area contributed by atoms with Crippen LogP contribution in [0.25, 0.3) is 0 Å². The van der Waals surface area contributed by atoms with Crippen LogP contribution in [0.3, 0.4) is 0 Å². The van der Waals surface area contributed by atoms with Crippen molar-refractivity contribution in [3.63, 3.8) is 0 Å². The van der Waals surface area contributed by atoms with Crippen LogP contribution in [0.5, 0.6) is 0 Å². The fourth-order valence-electron chi connectivity index (χ4n) is 0.646. The Kier molecular flexibility index (Phi) is 6.53. The molecular weight excluding hydrogens is 172 g/mol. The Morgan fingerprint density at radius 2 is 2.15 bits per heavy atom. The molecule has 13 heavy (non-hydrogen) atoms. The first kappa shape index (κ1) is 11.6. The number of carbonyl (C=O) groups excluding carboxylic acids is 1. The van der Waals surface area contributed by atoms with E-state index in [0.29, 0.717) is 13.1 Å². The van der Waals surface area contributed by atoms with Gasteiger partial charge in [0.1, 0.15) is 0 Å². The molecule has 0 saturated heterocycles. The second kappa shape index (κ2) is 7.30. The molecule has 5 nitrogen and oxygen atoms in total. The van der Waals surface area contributed by atoms with Gasteiger partial charge in [0.05, 0.1) is 13.0 Å². The third-order valence-electron chi connectivity index (χ3n) is 1.24. The molecule has 0 bridgehead atoms. The maximum atomic E-state index is 10.9. The van der Waals surface area contributed by atoms with Gasteiger partial charge in [-0.3, -0.25) is 9.59 Å². The lowest BCUT2D eigenvalue weighted by Gasteiger charge is -2.02. The summed E-state index contributed by atoms with van der Waals surface area (Å²) in [4.78, 5) is 20.9. The van der Waals surface area contributed by atoms with Crippen molar-refractivity contribution in [2.45, 2.75) is 6.42 Å². The van der Waals surface area contributed by atoms with E-state index in [0.717, 1.165) is 0 Å². The average Bonchev–Trinajstić information content (AvgIpc) is 2.08. The van der Waals surface area contributed by atoms with Crippen LogP contribution in [0.15, 0.2) is 12.7 Å². The first-order chi connectivity index (χ1) is 6.16. The van der Waals surface area contributed by atoms with Crippen molar-refractivity contribution in [1.82, 2.24) is 10.6 Å². The molecule has 0 spiro atoms. The molecule has 0 atom stereocenters. The van der Waals surface area contributed by atoms with E-state index in [2.05, 4.69) is 17.2 Å². The van der Waals surface area contributed by atoms with Crippen molar-refractivity contribution in [3.05, 3.63) is 12.7 Å². The SMILES string of the molecule is C=CCNC(=O)CNCCC(=O)O. The molecule has 1 amide bonds. The molecule has 5 heteroatoms. The lowest BCUT2D eigenvalue weighted by molar-refractivity contribution is -0.137. The minimum absolute atomic E-state index is 0.0226. The number of carboxylic acid groups (broad SMARTS) is 1. The molecule has 0 saturated carbocycles. The standard InChI is InChI=1S/C8H14N2O3/c1-2-4-10-7(11)6-9-5-3-8(12)13/h2,9H,1,3-6H2,(H,10,11)(H,12,13). The number of carbonyl (C=O) groups is 2. The summed E-state index contributed by atoms with van der Waals surface area (Å²) in [5.74, 6) is -1.04. The van der Waals surface area contributed by atoms with E-state index >= 15 is 0 Å². The van der Waals surface area contributed by atoms with Crippen LogP contribution in [0, 0.1) is 0 Å². The summed E-state index contributed by atoms with van der Waals surface area (Å²) in [6.45, 7) is 4.31. The largest absolute Gasteiger partial charge is 0.481 e. The summed E-state index contributed by atoms with van der Waals surface area (Å²) >= 11 is 0. The molecule has 0 aromatic carbocycles. The number of carboxylic acids is 1. The molecule has 74 valence electrons. The minimum Gasteiger partial charge on any atom is -0.481 e. The zero-order chi connectivity index (χ0) is 10.1. The lowest BCUT2D eigenvalue weighted by atomic mass is 10.4. The van der Waals surface area contributed by atoms with Crippen LogP contribution >= 0.6 is 0 Å². The Labute approximate surface area is 76.8 Å². The van der Waals surface area contributed by atoms with E-state index in [-0.39, 0.29) is 18.9 Å². The Balaban J connectivity index is 3.26. The van der Waals surface area contributed by atoms with E-state index in [4.69, 9.17) is 5.11 Å². The van der Waals surface area contributed by atoms with E-state index in [1.165, 1.54) is 0 Å². The van der Waals surface area contributed by atoms with E-state index in [9.17, 15) is 9.59 Å². The van der Waals surface area contributed by atoms with Gasteiger partial charge in [-0.1, -0.05) is 6.08 Å². The van der Waals surface area contributed by atoms with Crippen molar-refractivity contribution >= 4 is 11.9 Å². The zero-order valence-corrected chi connectivity index (χ0v) is 7.38. The predicted octanol–water partition coefficient (Wildman–Crippen LogP) is -0.647. The molecular formula is C8H14N2O3. The summed E-state index contributed by atoms with van der Waals surface area (Å²) in [5, 5.41) is 13.5. The fourth-order valence-corrected chi connectivity index (χ4v) is 0.646. The van der Waals surface area contributed by atoms with Crippen LogP contribution in [-0.4, -0.2) is 36.6 Å². The second-order valence-electron chi connectivity index (χ2n) is 2.41. The molecule has 0 fully saturated rings. The molecule has 0 aliphatic heterocycles. The van der Waals surface area contributed by atoms with Gasteiger partial charge in [0.15, 0.2) is 0 Å². The van der Waals surface area contributed by atoms with Gasteiger partial charge in [0.2, 0.25) is 5.91 Å². The van der Waals surface area contributed by atoms with Crippen molar-refractivity contribution in [2.75, 3.05) is 19.6 Å². The molecule has 0 heterocycles. The Morgan fingerprint density at radius 1 is 1.46 bits per heavy atom. The molecule has 0 aliphatic carbocycles. The van der Waals surface area contributed by atoms with Gasteiger partial charge in [-0.05, 0) is 0 Å². The van der Waals surface area contributed by atoms with Crippen LogP contribution in [0.4, 0.5) is 0 Å². The molecule has 0 unspecified atom stereocenters. The van der Waals surface area contributed by atoms with Crippen LogP contribution in [-0.2, 0) is 9.59 Å². The second-order valence-corrected chi connectivity index (χ2v) is 2.41. The summed E-state index contributed by atoms with van der Waals surface area (Å²) in [5.41, 5.74) is 0. The highest BCUT2D eigenvalue weighted by molar-refractivity contribution is 5.78.